The lowest BCUT2D eigenvalue weighted by Gasteiger charge is -2.29. The fourth-order valence-electron chi connectivity index (χ4n) is 3.32. The number of aliphatic hydroxyl groups excluding tert-OH is 1. The summed E-state index contributed by atoms with van der Waals surface area (Å²) in [5, 5.41) is 27.0. The van der Waals surface area contributed by atoms with Crippen LogP contribution in [-0.4, -0.2) is 54.4 Å². The normalized spacial score (nSPS) is 14.3. The monoisotopic (exact) mass is 474 g/mol. The van der Waals surface area contributed by atoms with Crippen LogP contribution in [0.25, 0.3) is 11.3 Å². The fraction of sp³-hybridized carbons (Fsp3) is 0.304. The number of methoxy groups -OCH3 is 1. The van der Waals surface area contributed by atoms with Crippen LogP contribution in [0.4, 0.5) is 0 Å². The molecule has 2 aromatic carbocycles. The quantitative estimate of drug-likeness (QED) is 0.430. The smallest absolute Gasteiger partial charge is 0.255 e. The van der Waals surface area contributed by atoms with Gasteiger partial charge in [0, 0.05) is 25.3 Å². The molecule has 0 aliphatic heterocycles. The van der Waals surface area contributed by atoms with Gasteiger partial charge in [-0.3, -0.25) is 4.79 Å². The summed E-state index contributed by atoms with van der Waals surface area (Å²) < 4.78 is 34.3. The molecule has 2 unspecified atom stereocenters. The Kier molecular flexibility index (Phi) is 7.09. The van der Waals surface area contributed by atoms with Crippen LogP contribution in [0.2, 0.25) is 0 Å². The van der Waals surface area contributed by atoms with E-state index in [1.165, 1.54) is 32.2 Å². The van der Waals surface area contributed by atoms with Gasteiger partial charge in [-0.15, -0.1) is 0 Å². The Bertz CT molecular complexity index is 1240. The molecular weight excluding hydrogens is 448 g/mol. The minimum Gasteiger partial charge on any atom is -0.507 e. The number of nitrogens with one attached hydrogen (secondary N) is 1. The minimum atomic E-state index is -3.73. The Balaban J connectivity index is 1.78. The second-order valence-corrected chi connectivity index (χ2v) is 10.5. The Morgan fingerprint density at radius 3 is 2.55 bits per heavy atom. The second-order valence-electron chi connectivity index (χ2n) is 7.96. The topological polar surface area (TPSA) is 139 Å². The molecule has 0 fully saturated rings. The van der Waals surface area contributed by atoms with E-state index in [1.54, 1.807) is 36.4 Å². The Morgan fingerprint density at radius 2 is 1.88 bits per heavy atom. The maximum Gasteiger partial charge on any atom is 0.255 e. The molecule has 1 heterocycles. The van der Waals surface area contributed by atoms with Gasteiger partial charge in [0.15, 0.2) is 15.6 Å². The first kappa shape index (κ1) is 24.3. The molecule has 0 aliphatic carbocycles. The lowest BCUT2D eigenvalue weighted by molar-refractivity contribution is 0.0937. The maximum atomic E-state index is 12.6. The van der Waals surface area contributed by atoms with Gasteiger partial charge in [-0.25, -0.2) is 8.42 Å². The summed E-state index contributed by atoms with van der Waals surface area (Å²) in [6.07, 6.45) is -0.487. The zero-order valence-electron chi connectivity index (χ0n) is 18.5. The molecule has 0 aliphatic rings. The second kappa shape index (κ2) is 9.63. The van der Waals surface area contributed by atoms with E-state index >= 15 is 0 Å². The van der Waals surface area contributed by atoms with Crippen molar-refractivity contribution < 1.29 is 32.7 Å². The molecule has 33 heavy (non-hydrogen) atoms. The molecular formula is C23H26N2O7S. The number of carbonyl (C=O) groups excluding carboxylic acids is 1. The fourth-order valence-corrected chi connectivity index (χ4v) is 4.11. The first-order chi connectivity index (χ1) is 15.6. The van der Waals surface area contributed by atoms with Crippen LogP contribution in [0.1, 0.15) is 35.5 Å². The molecule has 0 saturated carbocycles. The van der Waals surface area contributed by atoms with E-state index in [4.69, 9.17) is 9.26 Å². The zero-order chi connectivity index (χ0) is 24.2. The molecule has 0 spiro atoms. The molecule has 3 aromatic rings. The van der Waals surface area contributed by atoms with Gasteiger partial charge in [0.1, 0.15) is 23.3 Å². The number of rotatable bonds is 9. The number of hydrogen-bond acceptors (Lipinski definition) is 8. The van der Waals surface area contributed by atoms with Crippen LogP contribution in [-0.2, 0) is 9.84 Å². The lowest BCUT2D eigenvalue weighted by atomic mass is 9.99. The first-order valence-electron chi connectivity index (χ1n) is 10.1. The maximum absolute atomic E-state index is 12.6. The summed E-state index contributed by atoms with van der Waals surface area (Å²) >= 11 is 0. The van der Waals surface area contributed by atoms with Crippen molar-refractivity contribution in [1.82, 2.24) is 10.5 Å². The average Bonchev–Trinajstić information content (AvgIpc) is 3.27. The third-order valence-electron chi connectivity index (χ3n) is 5.53. The van der Waals surface area contributed by atoms with Crippen molar-refractivity contribution >= 4 is 15.7 Å². The van der Waals surface area contributed by atoms with Crippen molar-refractivity contribution in [3.63, 3.8) is 0 Å². The highest BCUT2D eigenvalue weighted by Crippen LogP contribution is 2.34. The molecule has 2 atom stereocenters. The molecule has 1 amide bonds. The van der Waals surface area contributed by atoms with Crippen LogP contribution < -0.4 is 10.1 Å². The van der Waals surface area contributed by atoms with Crippen molar-refractivity contribution in [2.45, 2.75) is 24.2 Å². The number of benzene rings is 2. The third-order valence-corrected chi connectivity index (χ3v) is 7.64. The summed E-state index contributed by atoms with van der Waals surface area (Å²) in [5.74, 6) is 0.0675. The zero-order valence-corrected chi connectivity index (χ0v) is 19.3. The van der Waals surface area contributed by atoms with Crippen molar-refractivity contribution in [1.29, 1.82) is 0 Å². The van der Waals surface area contributed by atoms with E-state index in [2.05, 4.69) is 10.5 Å². The molecule has 0 saturated heterocycles. The summed E-state index contributed by atoms with van der Waals surface area (Å²) in [5.41, 5.74) is 0.802. The molecule has 0 bridgehead atoms. The van der Waals surface area contributed by atoms with E-state index in [-0.39, 0.29) is 30.0 Å². The number of aliphatic hydroxyl groups is 1. The van der Waals surface area contributed by atoms with E-state index in [9.17, 15) is 23.4 Å². The van der Waals surface area contributed by atoms with Gasteiger partial charge in [0.25, 0.3) is 5.91 Å². The van der Waals surface area contributed by atoms with E-state index in [0.29, 0.717) is 17.1 Å². The SMILES string of the molecule is COc1ccccc1-c1cc(C(O)CC(C)(CNC(=O)c2ccccc2O)S(C)(=O)=O)no1. The minimum absolute atomic E-state index is 0.0202. The molecule has 3 rings (SSSR count). The van der Waals surface area contributed by atoms with Crippen molar-refractivity contribution in [3.05, 3.63) is 65.9 Å². The largest absolute Gasteiger partial charge is 0.507 e. The molecule has 3 N–H and O–H groups in total. The summed E-state index contributed by atoms with van der Waals surface area (Å²) in [6, 6.07) is 14.6. The Labute approximate surface area is 191 Å². The highest BCUT2D eigenvalue weighted by atomic mass is 32.2. The number of para-hydroxylation sites is 2. The summed E-state index contributed by atoms with van der Waals surface area (Å²) in [7, 11) is -2.21. The standard InChI is InChI=1S/C23H26N2O7S/c1-23(33(3,29)30,14-24-22(28)15-8-4-6-10-18(15)26)13-19(27)17-12-21(32-25-17)16-9-5-7-11-20(16)31-2/h4-12,19,26-27H,13-14H2,1-3H3,(H,24,28). The number of hydrogen-bond donors (Lipinski definition) is 3. The summed E-state index contributed by atoms with van der Waals surface area (Å²) in [6.45, 7) is 1.14. The Morgan fingerprint density at radius 1 is 1.21 bits per heavy atom. The van der Waals surface area contributed by atoms with Crippen LogP contribution in [0, 0.1) is 0 Å². The number of sulfone groups is 1. The third kappa shape index (κ3) is 5.35. The molecule has 1 aromatic heterocycles. The van der Waals surface area contributed by atoms with Crippen LogP contribution >= 0.6 is 0 Å². The van der Waals surface area contributed by atoms with Gasteiger partial charge in [-0.2, -0.15) is 0 Å². The number of ether oxygens (including phenoxy) is 1. The van der Waals surface area contributed by atoms with E-state index in [1.807, 2.05) is 0 Å². The van der Waals surface area contributed by atoms with Gasteiger partial charge in [0.2, 0.25) is 0 Å². The number of amides is 1. The van der Waals surface area contributed by atoms with E-state index < -0.39 is 26.6 Å². The number of aromatic nitrogens is 1. The van der Waals surface area contributed by atoms with Crippen molar-refractivity contribution in [3.8, 4) is 22.8 Å². The van der Waals surface area contributed by atoms with Gasteiger partial charge >= 0.3 is 0 Å². The molecule has 10 heteroatoms. The van der Waals surface area contributed by atoms with Crippen molar-refractivity contribution in [2.75, 3.05) is 19.9 Å². The highest BCUT2D eigenvalue weighted by molar-refractivity contribution is 7.92. The first-order valence-corrected chi connectivity index (χ1v) is 12.0. The van der Waals surface area contributed by atoms with Gasteiger partial charge in [-0.1, -0.05) is 29.4 Å². The molecule has 0 radical (unpaired) electrons. The van der Waals surface area contributed by atoms with Gasteiger partial charge in [0.05, 0.1) is 23.0 Å². The Hall–Kier alpha value is -3.37. The van der Waals surface area contributed by atoms with Crippen LogP contribution in [0.5, 0.6) is 11.5 Å². The van der Waals surface area contributed by atoms with E-state index in [0.717, 1.165) is 6.26 Å². The molecule has 176 valence electrons. The number of phenols is 1. The predicted molar refractivity (Wildman–Crippen MR) is 122 cm³/mol. The molecule has 9 nitrogen and oxygen atoms in total. The van der Waals surface area contributed by atoms with Crippen molar-refractivity contribution in [2.24, 2.45) is 0 Å². The predicted octanol–water partition coefficient (Wildman–Crippen LogP) is 2.71. The van der Waals surface area contributed by atoms with Gasteiger partial charge in [-0.05, 0) is 31.2 Å². The van der Waals surface area contributed by atoms with Gasteiger partial charge < -0.3 is 24.8 Å². The van der Waals surface area contributed by atoms with Crippen LogP contribution in [0.15, 0.2) is 59.1 Å². The average molecular weight is 475 g/mol. The summed E-state index contributed by atoms with van der Waals surface area (Å²) in [4.78, 5) is 12.4. The number of aromatic hydroxyl groups is 1. The van der Waals surface area contributed by atoms with Crippen LogP contribution in [0.3, 0.4) is 0 Å². The lowest BCUT2D eigenvalue weighted by Crippen LogP contribution is -2.47. The highest BCUT2D eigenvalue weighted by Gasteiger charge is 2.39. The number of phenolic OH excluding ortho intramolecular Hbond substituents is 1. The number of nitrogens with zero attached hydrogens (tertiary/aromatic N) is 1. The number of carbonyl (C=O) groups is 1.